The molecule has 0 heterocycles. The van der Waals surface area contributed by atoms with Gasteiger partial charge in [-0.2, -0.15) is 0 Å². The lowest BCUT2D eigenvalue weighted by Gasteiger charge is -2.13. The van der Waals surface area contributed by atoms with E-state index in [-0.39, 0.29) is 0 Å². The smallest absolute Gasteiger partial charge is 0.248 e. The normalized spacial score (nSPS) is 10.2. The highest BCUT2D eigenvalue weighted by molar-refractivity contribution is 9.11. The molecule has 1 amide bonds. The molecule has 0 spiro atoms. The lowest BCUT2D eigenvalue weighted by molar-refractivity contribution is 0.100. The lowest BCUT2D eigenvalue weighted by atomic mass is 10.1. The molecule has 98 valence electrons. The van der Waals surface area contributed by atoms with Gasteiger partial charge in [-0.25, -0.2) is 0 Å². The summed E-state index contributed by atoms with van der Waals surface area (Å²) in [5.74, 6) is -0.500. The summed E-state index contributed by atoms with van der Waals surface area (Å²) >= 11 is 6.92. The van der Waals surface area contributed by atoms with Gasteiger partial charge in [-0.3, -0.25) is 4.79 Å². The fourth-order valence-electron chi connectivity index (χ4n) is 1.58. The molecule has 0 aromatic heterocycles. The Kier molecular flexibility index (Phi) is 4.11. The number of amides is 1. The second-order valence-electron chi connectivity index (χ2n) is 3.89. The molecule has 0 aliphatic heterocycles. The van der Waals surface area contributed by atoms with Crippen molar-refractivity contribution in [1.82, 2.24) is 0 Å². The second kappa shape index (κ2) is 5.63. The van der Waals surface area contributed by atoms with Gasteiger partial charge in [0.25, 0.3) is 0 Å². The maximum atomic E-state index is 11.1. The molecule has 19 heavy (non-hydrogen) atoms. The number of nitrogens with one attached hydrogen (secondary N) is 1. The molecule has 0 atom stereocenters. The zero-order chi connectivity index (χ0) is 14.0. The van der Waals surface area contributed by atoms with Gasteiger partial charge in [0.15, 0.2) is 0 Å². The first-order valence-corrected chi connectivity index (χ1v) is 6.98. The average Bonchev–Trinajstić information content (AvgIpc) is 2.35. The van der Waals surface area contributed by atoms with Gasteiger partial charge in [0.05, 0.1) is 17.1 Å². The molecule has 0 bridgehead atoms. The predicted octanol–water partition coefficient (Wildman–Crippen LogP) is 3.64. The van der Waals surface area contributed by atoms with Crippen LogP contribution in [0.4, 0.5) is 17.1 Å². The van der Waals surface area contributed by atoms with Crippen molar-refractivity contribution in [2.24, 2.45) is 5.73 Å². The maximum absolute atomic E-state index is 11.1. The first-order chi connectivity index (χ1) is 8.99. The third-order valence-corrected chi connectivity index (χ3v) is 3.88. The third kappa shape index (κ3) is 3.08. The van der Waals surface area contributed by atoms with Crippen LogP contribution in [-0.2, 0) is 0 Å². The number of hydrogen-bond donors (Lipinski definition) is 3. The highest BCUT2D eigenvalue weighted by Crippen LogP contribution is 2.34. The van der Waals surface area contributed by atoms with E-state index in [1.165, 1.54) is 0 Å². The number of nitrogens with two attached hydrogens (primary N) is 2. The van der Waals surface area contributed by atoms with Gasteiger partial charge >= 0.3 is 0 Å². The molecule has 0 unspecified atom stereocenters. The number of para-hydroxylation sites is 1. The Morgan fingerprint density at radius 3 is 2.26 bits per heavy atom. The molecule has 0 aliphatic carbocycles. The van der Waals surface area contributed by atoms with Crippen LogP contribution >= 0.6 is 31.9 Å². The third-order valence-electron chi connectivity index (χ3n) is 2.56. The Bertz CT molecular complexity index is 624. The minimum Gasteiger partial charge on any atom is -0.397 e. The van der Waals surface area contributed by atoms with Gasteiger partial charge < -0.3 is 16.8 Å². The van der Waals surface area contributed by atoms with Crippen LogP contribution in [0.1, 0.15) is 10.4 Å². The highest BCUT2D eigenvalue weighted by Gasteiger charge is 2.08. The Morgan fingerprint density at radius 1 is 1.11 bits per heavy atom. The molecule has 6 heteroatoms. The number of nitrogen functional groups attached to an aromatic ring is 1. The van der Waals surface area contributed by atoms with E-state index in [2.05, 4.69) is 37.2 Å². The molecule has 0 aliphatic rings. The van der Waals surface area contributed by atoms with Gasteiger partial charge in [-0.1, -0.05) is 6.07 Å². The van der Waals surface area contributed by atoms with E-state index in [4.69, 9.17) is 11.5 Å². The highest BCUT2D eigenvalue weighted by atomic mass is 79.9. The minimum absolute atomic E-state index is 0.384. The Morgan fingerprint density at radius 2 is 1.74 bits per heavy atom. The number of rotatable bonds is 3. The first-order valence-electron chi connectivity index (χ1n) is 5.39. The maximum Gasteiger partial charge on any atom is 0.248 e. The van der Waals surface area contributed by atoms with Crippen molar-refractivity contribution in [2.75, 3.05) is 11.1 Å². The molecule has 4 nitrogen and oxygen atoms in total. The monoisotopic (exact) mass is 383 g/mol. The van der Waals surface area contributed by atoms with E-state index in [0.717, 1.165) is 14.6 Å². The van der Waals surface area contributed by atoms with Crippen LogP contribution in [0, 0.1) is 0 Å². The van der Waals surface area contributed by atoms with E-state index < -0.39 is 5.91 Å². The van der Waals surface area contributed by atoms with E-state index in [9.17, 15) is 4.79 Å². The van der Waals surface area contributed by atoms with Crippen LogP contribution in [0.25, 0.3) is 0 Å². The molecular formula is C13H11Br2N3O. The molecule has 0 fully saturated rings. The van der Waals surface area contributed by atoms with Crippen molar-refractivity contribution >= 4 is 54.8 Å². The van der Waals surface area contributed by atoms with Crippen LogP contribution in [0.5, 0.6) is 0 Å². The van der Waals surface area contributed by atoms with Crippen LogP contribution in [-0.4, -0.2) is 5.91 Å². The summed E-state index contributed by atoms with van der Waals surface area (Å²) in [6, 6.07) is 10.7. The summed E-state index contributed by atoms with van der Waals surface area (Å²) in [7, 11) is 0. The van der Waals surface area contributed by atoms with Crippen LogP contribution in [0.3, 0.4) is 0 Å². The van der Waals surface area contributed by atoms with Gasteiger partial charge in [0.1, 0.15) is 0 Å². The number of benzene rings is 2. The fourth-order valence-corrected chi connectivity index (χ4v) is 2.78. The average molecular weight is 385 g/mol. The summed E-state index contributed by atoms with van der Waals surface area (Å²) in [6.07, 6.45) is 0. The van der Waals surface area contributed by atoms with Crippen molar-refractivity contribution in [1.29, 1.82) is 0 Å². The number of hydrogen-bond acceptors (Lipinski definition) is 3. The molecule has 0 saturated heterocycles. The lowest BCUT2D eigenvalue weighted by Crippen LogP contribution is -2.11. The number of carbonyl (C=O) groups excluding carboxylic acids is 1. The van der Waals surface area contributed by atoms with Crippen molar-refractivity contribution in [3.63, 3.8) is 0 Å². The van der Waals surface area contributed by atoms with Crippen LogP contribution < -0.4 is 16.8 Å². The largest absolute Gasteiger partial charge is 0.397 e. The predicted molar refractivity (Wildman–Crippen MR) is 84.5 cm³/mol. The van der Waals surface area contributed by atoms with E-state index >= 15 is 0 Å². The molecule has 2 aromatic carbocycles. The Hall–Kier alpha value is -1.53. The molecule has 5 N–H and O–H groups in total. The summed E-state index contributed by atoms with van der Waals surface area (Å²) in [6.45, 7) is 0. The van der Waals surface area contributed by atoms with Gasteiger partial charge in [0.2, 0.25) is 5.91 Å². The Balaban J connectivity index is 2.36. The number of primary amides is 1. The van der Waals surface area contributed by atoms with E-state index in [1.807, 2.05) is 18.2 Å². The quantitative estimate of drug-likeness (QED) is 0.706. The van der Waals surface area contributed by atoms with Crippen molar-refractivity contribution in [3.8, 4) is 0 Å². The fraction of sp³-hybridized carbons (Fsp3) is 0. The molecule has 0 saturated carbocycles. The molecule has 2 aromatic rings. The number of carbonyl (C=O) groups is 1. The topological polar surface area (TPSA) is 81.1 Å². The number of halogens is 2. The first kappa shape index (κ1) is 13.9. The summed E-state index contributed by atoms with van der Waals surface area (Å²) in [5, 5.41) is 3.20. The van der Waals surface area contributed by atoms with Crippen LogP contribution in [0.15, 0.2) is 45.3 Å². The zero-order valence-corrected chi connectivity index (χ0v) is 13.0. The zero-order valence-electron chi connectivity index (χ0n) is 9.78. The second-order valence-corrected chi connectivity index (χ2v) is 5.60. The van der Waals surface area contributed by atoms with Gasteiger partial charge in [-0.15, -0.1) is 0 Å². The molecule has 0 radical (unpaired) electrons. The van der Waals surface area contributed by atoms with E-state index in [1.54, 1.807) is 18.2 Å². The van der Waals surface area contributed by atoms with Crippen molar-refractivity contribution < 1.29 is 4.79 Å². The van der Waals surface area contributed by atoms with E-state index in [0.29, 0.717) is 16.9 Å². The SMILES string of the molecule is NC(=O)c1ccc(Nc2c(Br)cccc2Br)c(N)c1. The minimum atomic E-state index is -0.500. The summed E-state index contributed by atoms with van der Waals surface area (Å²) in [4.78, 5) is 11.1. The Labute approximate surface area is 127 Å². The van der Waals surface area contributed by atoms with Crippen molar-refractivity contribution in [3.05, 3.63) is 50.9 Å². The van der Waals surface area contributed by atoms with Crippen LogP contribution in [0.2, 0.25) is 0 Å². The molecule has 2 rings (SSSR count). The molecular weight excluding hydrogens is 374 g/mol. The standard InChI is InChI=1S/C13H11Br2N3O/c14-8-2-1-3-9(15)12(8)18-11-5-4-7(13(17)19)6-10(11)16/h1-6,18H,16H2,(H2,17,19). The summed E-state index contributed by atoms with van der Waals surface area (Å²) in [5.41, 5.74) is 13.5. The number of anilines is 3. The summed E-state index contributed by atoms with van der Waals surface area (Å²) < 4.78 is 1.81. The van der Waals surface area contributed by atoms with Gasteiger partial charge in [0, 0.05) is 14.5 Å². The van der Waals surface area contributed by atoms with Gasteiger partial charge in [-0.05, 0) is 62.2 Å². The van der Waals surface area contributed by atoms with Crippen molar-refractivity contribution in [2.45, 2.75) is 0 Å².